The third kappa shape index (κ3) is 5.23. The molecule has 0 saturated carbocycles. The highest BCUT2D eigenvalue weighted by atomic mass is 19.4. The van der Waals surface area contributed by atoms with E-state index < -0.39 is 34.8 Å². The Kier molecular flexibility index (Phi) is 6.40. The number of nitrogens with zero attached hydrogens (tertiary/aromatic N) is 4. The highest BCUT2D eigenvalue weighted by Crippen LogP contribution is 2.33. The first-order chi connectivity index (χ1) is 14.4. The number of hydrogen-bond donors (Lipinski definition) is 1. The van der Waals surface area contributed by atoms with Crippen LogP contribution in [0.5, 0.6) is 0 Å². The topological polar surface area (TPSA) is 63.1 Å². The molecule has 170 valence electrons. The Hall–Kier alpha value is -2.49. The predicted octanol–water partition coefficient (Wildman–Crippen LogP) is 3.91. The van der Waals surface area contributed by atoms with Gasteiger partial charge in [-0.2, -0.15) is 13.2 Å². The molecule has 0 aliphatic carbocycles. The van der Waals surface area contributed by atoms with E-state index in [4.69, 9.17) is 0 Å². The van der Waals surface area contributed by atoms with Crippen LogP contribution in [0.15, 0.2) is 24.3 Å². The van der Waals surface area contributed by atoms with Gasteiger partial charge in [-0.3, -0.25) is 9.69 Å². The van der Waals surface area contributed by atoms with Crippen LogP contribution in [0.1, 0.15) is 50.3 Å². The van der Waals surface area contributed by atoms with Crippen LogP contribution >= 0.6 is 0 Å². The molecule has 0 spiro atoms. The summed E-state index contributed by atoms with van der Waals surface area (Å²) in [5.74, 6) is -0.691. The summed E-state index contributed by atoms with van der Waals surface area (Å²) in [6.07, 6.45) is -3.78. The van der Waals surface area contributed by atoms with E-state index in [9.17, 15) is 22.4 Å². The maximum absolute atomic E-state index is 13.8. The first-order valence-corrected chi connectivity index (χ1v) is 10.2. The van der Waals surface area contributed by atoms with Gasteiger partial charge in [0, 0.05) is 25.2 Å². The van der Waals surface area contributed by atoms with E-state index >= 15 is 0 Å². The third-order valence-corrected chi connectivity index (χ3v) is 5.61. The van der Waals surface area contributed by atoms with Crippen LogP contribution in [0.25, 0.3) is 5.69 Å². The number of halogens is 4. The number of carbonyl (C=O) groups excluding carboxylic acids is 1. The van der Waals surface area contributed by atoms with Crippen LogP contribution in [0, 0.1) is 17.7 Å². The van der Waals surface area contributed by atoms with E-state index in [-0.39, 0.29) is 12.2 Å². The maximum atomic E-state index is 13.8. The zero-order chi connectivity index (χ0) is 23.0. The van der Waals surface area contributed by atoms with Crippen molar-refractivity contribution < 1.29 is 22.4 Å². The van der Waals surface area contributed by atoms with E-state index in [0.717, 1.165) is 31.6 Å². The molecule has 1 amide bonds. The number of alkyl halides is 3. The lowest BCUT2D eigenvalue weighted by atomic mass is 9.88. The lowest BCUT2D eigenvalue weighted by Crippen LogP contribution is -2.56. The van der Waals surface area contributed by atoms with Crippen molar-refractivity contribution in [2.45, 2.75) is 45.8 Å². The van der Waals surface area contributed by atoms with Gasteiger partial charge in [0.1, 0.15) is 5.82 Å². The van der Waals surface area contributed by atoms with Gasteiger partial charge < -0.3 is 5.32 Å². The molecule has 2 atom stereocenters. The van der Waals surface area contributed by atoms with Crippen molar-refractivity contribution in [3.8, 4) is 5.69 Å². The van der Waals surface area contributed by atoms with Gasteiger partial charge in [-0.25, -0.2) is 9.07 Å². The summed E-state index contributed by atoms with van der Waals surface area (Å²) < 4.78 is 55.2. The fourth-order valence-electron chi connectivity index (χ4n) is 4.13. The van der Waals surface area contributed by atoms with Gasteiger partial charge in [0.15, 0.2) is 11.4 Å². The second-order valence-electron chi connectivity index (χ2n) is 9.02. The van der Waals surface area contributed by atoms with Crippen molar-refractivity contribution in [2.24, 2.45) is 11.8 Å². The molecule has 1 aliphatic heterocycles. The number of benzene rings is 1. The van der Waals surface area contributed by atoms with E-state index in [0.29, 0.717) is 16.5 Å². The fraction of sp³-hybridized carbons (Fsp3) is 0.571. The van der Waals surface area contributed by atoms with Crippen LogP contribution in [0.3, 0.4) is 0 Å². The summed E-state index contributed by atoms with van der Waals surface area (Å²) in [5, 5.41) is 9.53. The first kappa shape index (κ1) is 23.2. The summed E-state index contributed by atoms with van der Waals surface area (Å²) in [4.78, 5) is 14.9. The highest BCUT2D eigenvalue weighted by molar-refractivity contribution is 5.93. The largest absolute Gasteiger partial charge is 0.435 e. The maximum Gasteiger partial charge on any atom is 0.435 e. The number of aromatic nitrogens is 3. The van der Waals surface area contributed by atoms with Gasteiger partial charge in [-0.1, -0.05) is 25.1 Å². The Labute approximate surface area is 178 Å². The van der Waals surface area contributed by atoms with E-state index in [1.807, 2.05) is 13.8 Å². The number of nitrogens with one attached hydrogen (secondary N) is 1. The lowest BCUT2D eigenvalue weighted by Gasteiger charge is -2.45. The zero-order valence-electron chi connectivity index (χ0n) is 18.0. The van der Waals surface area contributed by atoms with Crippen molar-refractivity contribution in [1.82, 2.24) is 25.2 Å². The van der Waals surface area contributed by atoms with Gasteiger partial charge in [-0.05, 0) is 50.3 Å². The van der Waals surface area contributed by atoms with E-state index in [1.54, 1.807) is 0 Å². The number of piperidine rings is 1. The van der Waals surface area contributed by atoms with Gasteiger partial charge in [0.25, 0.3) is 5.91 Å². The zero-order valence-corrected chi connectivity index (χ0v) is 18.0. The summed E-state index contributed by atoms with van der Waals surface area (Å²) in [6, 6.07) is 4.52. The molecule has 0 bridgehead atoms. The van der Waals surface area contributed by atoms with Gasteiger partial charge in [0.05, 0.1) is 5.69 Å². The van der Waals surface area contributed by atoms with E-state index in [1.165, 1.54) is 12.1 Å². The summed E-state index contributed by atoms with van der Waals surface area (Å²) in [7, 11) is 0. The number of likely N-dealkylation sites (tertiary alicyclic amines) is 1. The van der Waals surface area contributed by atoms with Crippen molar-refractivity contribution in [3.63, 3.8) is 0 Å². The Morgan fingerprint density at radius 2 is 1.84 bits per heavy atom. The molecule has 10 heteroatoms. The first-order valence-electron chi connectivity index (χ1n) is 10.2. The monoisotopic (exact) mass is 441 g/mol. The van der Waals surface area contributed by atoms with E-state index in [2.05, 4.69) is 34.4 Å². The Morgan fingerprint density at radius 1 is 1.19 bits per heavy atom. The standard InChI is InChI=1S/C21H27F4N5O/c1-13-8-14(2)11-29(10-13)20(3,4)12-26-19(31)17-18(21(23,24)25)30(28-27-17)16-7-5-6-15(22)9-16/h5-7,9,13-14H,8,10-12H2,1-4H3,(H,26,31). The molecule has 3 rings (SSSR count). The van der Waals surface area contributed by atoms with Gasteiger partial charge in [-0.15, -0.1) is 5.10 Å². The second kappa shape index (κ2) is 8.57. The van der Waals surface area contributed by atoms with Crippen molar-refractivity contribution >= 4 is 5.91 Å². The molecule has 1 fully saturated rings. The third-order valence-electron chi connectivity index (χ3n) is 5.61. The summed E-state index contributed by atoms with van der Waals surface area (Å²) in [6.45, 7) is 10.1. The fourth-order valence-corrected chi connectivity index (χ4v) is 4.13. The molecule has 2 heterocycles. The van der Waals surface area contributed by atoms with Crippen LogP contribution in [0.2, 0.25) is 0 Å². The molecule has 31 heavy (non-hydrogen) atoms. The van der Waals surface area contributed by atoms with Crippen LogP contribution in [-0.4, -0.2) is 51.0 Å². The number of amides is 1. The number of carbonyl (C=O) groups is 1. The SMILES string of the molecule is CC1CC(C)CN(C(C)(C)CNC(=O)c2nnn(-c3cccc(F)c3)c2C(F)(F)F)C1. The van der Waals surface area contributed by atoms with Gasteiger partial charge in [0.2, 0.25) is 0 Å². The molecule has 1 N–H and O–H groups in total. The molecule has 1 saturated heterocycles. The minimum Gasteiger partial charge on any atom is -0.349 e. The normalized spacial score (nSPS) is 20.6. The molecular weight excluding hydrogens is 414 g/mol. The molecule has 2 aromatic rings. The second-order valence-corrected chi connectivity index (χ2v) is 9.02. The van der Waals surface area contributed by atoms with Crippen molar-refractivity contribution in [3.05, 3.63) is 41.5 Å². The van der Waals surface area contributed by atoms with Crippen molar-refractivity contribution in [1.29, 1.82) is 0 Å². The molecule has 2 unspecified atom stereocenters. The average molecular weight is 441 g/mol. The molecule has 1 aromatic heterocycles. The minimum atomic E-state index is -4.91. The molecule has 1 aliphatic rings. The summed E-state index contributed by atoms with van der Waals surface area (Å²) >= 11 is 0. The van der Waals surface area contributed by atoms with Crippen LogP contribution in [-0.2, 0) is 6.18 Å². The smallest absolute Gasteiger partial charge is 0.349 e. The van der Waals surface area contributed by atoms with Crippen LogP contribution < -0.4 is 5.32 Å². The molecule has 0 radical (unpaired) electrons. The Balaban J connectivity index is 1.82. The van der Waals surface area contributed by atoms with Crippen molar-refractivity contribution in [2.75, 3.05) is 19.6 Å². The Bertz CT molecular complexity index is 930. The molecular formula is C21H27F4N5O. The van der Waals surface area contributed by atoms with Crippen LogP contribution in [0.4, 0.5) is 17.6 Å². The average Bonchev–Trinajstić information content (AvgIpc) is 3.11. The minimum absolute atomic E-state index is 0.148. The lowest BCUT2D eigenvalue weighted by molar-refractivity contribution is -0.143. The Morgan fingerprint density at radius 3 is 2.42 bits per heavy atom. The quantitative estimate of drug-likeness (QED) is 0.715. The molecule has 6 nitrogen and oxygen atoms in total. The highest BCUT2D eigenvalue weighted by Gasteiger charge is 2.42. The molecule has 1 aromatic carbocycles. The summed E-state index contributed by atoms with van der Waals surface area (Å²) in [5.41, 5.74) is -2.80. The van der Waals surface area contributed by atoms with Gasteiger partial charge >= 0.3 is 6.18 Å². The number of rotatable bonds is 5. The number of hydrogen-bond acceptors (Lipinski definition) is 4. The predicted molar refractivity (Wildman–Crippen MR) is 107 cm³/mol.